The predicted octanol–water partition coefficient (Wildman–Crippen LogP) is 3.59. The highest BCUT2D eigenvalue weighted by atomic mass is 16.6. The summed E-state index contributed by atoms with van der Waals surface area (Å²) in [7, 11) is 0. The summed E-state index contributed by atoms with van der Waals surface area (Å²) in [5.41, 5.74) is 2.18. The van der Waals surface area contributed by atoms with Gasteiger partial charge in [-0.05, 0) is 56.2 Å². The molecular weight excluding hydrogens is 432 g/mol. The highest BCUT2D eigenvalue weighted by molar-refractivity contribution is 5.78. The number of carbonyl (C=O) groups is 2. The standard InChI is InChI=1S/C26H28N4O4/c1-26(2,3)34-25(32)30-13-12-29(16-21-8-4-19(14-27)5-9-21)23(17-30)24(31)33-18-22-10-6-20(15-28)7-11-22/h4-11,23H,12-13,16-18H2,1-3H3/t23-/m0/s1. The number of nitrogens with zero attached hydrogens (tertiary/aromatic N) is 4. The molecule has 1 amide bonds. The average molecular weight is 461 g/mol. The molecule has 34 heavy (non-hydrogen) atoms. The summed E-state index contributed by atoms with van der Waals surface area (Å²) >= 11 is 0. The lowest BCUT2D eigenvalue weighted by atomic mass is 10.1. The summed E-state index contributed by atoms with van der Waals surface area (Å²) < 4.78 is 11.1. The first kappa shape index (κ1) is 24.8. The van der Waals surface area contributed by atoms with E-state index >= 15 is 0 Å². The largest absolute Gasteiger partial charge is 0.460 e. The second-order valence-corrected chi connectivity index (χ2v) is 9.14. The molecular formula is C26H28N4O4. The fraction of sp³-hybridized carbons (Fsp3) is 0.385. The van der Waals surface area contributed by atoms with Gasteiger partial charge in [0.2, 0.25) is 0 Å². The fourth-order valence-electron chi connectivity index (χ4n) is 3.57. The normalized spacial score (nSPS) is 16.3. The lowest BCUT2D eigenvalue weighted by molar-refractivity contribution is -0.154. The molecule has 1 saturated heterocycles. The van der Waals surface area contributed by atoms with Gasteiger partial charge in [0.15, 0.2) is 0 Å². The van der Waals surface area contributed by atoms with Gasteiger partial charge in [-0.1, -0.05) is 24.3 Å². The van der Waals surface area contributed by atoms with Gasteiger partial charge in [-0.2, -0.15) is 10.5 Å². The Morgan fingerprint density at radius 1 is 0.941 bits per heavy atom. The zero-order chi connectivity index (χ0) is 24.7. The van der Waals surface area contributed by atoms with Crippen molar-refractivity contribution in [3.63, 3.8) is 0 Å². The zero-order valence-corrected chi connectivity index (χ0v) is 19.7. The molecule has 8 heteroatoms. The Morgan fingerprint density at radius 2 is 1.50 bits per heavy atom. The number of amides is 1. The van der Waals surface area contributed by atoms with Crippen LogP contribution in [0.1, 0.15) is 43.0 Å². The summed E-state index contributed by atoms with van der Waals surface area (Å²) in [4.78, 5) is 29.3. The molecule has 3 rings (SSSR count). The van der Waals surface area contributed by atoms with Crippen LogP contribution in [0.25, 0.3) is 0 Å². The van der Waals surface area contributed by atoms with Crippen LogP contribution in [-0.4, -0.2) is 53.1 Å². The monoisotopic (exact) mass is 460 g/mol. The van der Waals surface area contributed by atoms with Gasteiger partial charge in [0.05, 0.1) is 29.8 Å². The van der Waals surface area contributed by atoms with Gasteiger partial charge in [0.1, 0.15) is 18.2 Å². The molecule has 2 aromatic carbocycles. The molecule has 176 valence electrons. The van der Waals surface area contributed by atoms with E-state index in [0.29, 0.717) is 30.8 Å². The van der Waals surface area contributed by atoms with Crippen molar-refractivity contribution in [1.29, 1.82) is 10.5 Å². The maximum absolute atomic E-state index is 13.1. The van der Waals surface area contributed by atoms with Gasteiger partial charge in [-0.25, -0.2) is 4.79 Å². The van der Waals surface area contributed by atoms with Crippen LogP contribution in [-0.2, 0) is 27.4 Å². The SMILES string of the molecule is CC(C)(C)OC(=O)N1CCN(Cc2ccc(C#N)cc2)[C@H](C(=O)OCc2ccc(C#N)cc2)C1. The average Bonchev–Trinajstić information content (AvgIpc) is 2.82. The second-order valence-electron chi connectivity index (χ2n) is 9.14. The van der Waals surface area contributed by atoms with Gasteiger partial charge in [-0.15, -0.1) is 0 Å². The highest BCUT2D eigenvalue weighted by Gasteiger charge is 2.37. The van der Waals surface area contributed by atoms with Gasteiger partial charge < -0.3 is 14.4 Å². The number of ether oxygens (including phenoxy) is 2. The molecule has 0 radical (unpaired) electrons. The first-order valence-corrected chi connectivity index (χ1v) is 11.0. The van der Waals surface area contributed by atoms with Crippen LogP contribution in [0.15, 0.2) is 48.5 Å². The Labute approximate surface area is 199 Å². The van der Waals surface area contributed by atoms with Gasteiger partial charge in [0.25, 0.3) is 0 Å². The van der Waals surface area contributed by atoms with Crippen LogP contribution in [0.4, 0.5) is 4.79 Å². The van der Waals surface area contributed by atoms with Crippen molar-refractivity contribution in [2.24, 2.45) is 0 Å². The van der Waals surface area contributed by atoms with Crippen LogP contribution in [0.2, 0.25) is 0 Å². The molecule has 0 aromatic heterocycles. The molecule has 0 saturated carbocycles. The molecule has 1 heterocycles. The molecule has 0 aliphatic carbocycles. The maximum Gasteiger partial charge on any atom is 0.410 e. The topological polar surface area (TPSA) is 107 Å². The number of hydrogen-bond acceptors (Lipinski definition) is 7. The van der Waals surface area contributed by atoms with E-state index in [1.54, 1.807) is 57.2 Å². The second kappa shape index (κ2) is 10.8. The fourth-order valence-corrected chi connectivity index (χ4v) is 3.57. The molecule has 1 fully saturated rings. The number of benzene rings is 2. The lowest BCUT2D eigenvalue weighted by Gasteiger charge is -2.40. The zero-order valence-electron chi connectivity index (χ0n) is 19.7. The van der Waals surface area contributed by atoms with Crippen LogP contribution in [0, 0.1) is 22.7 Å². The summed E-state index contributed by atoms with van der Waals surface area (Å²) in [5, 5.41) is 18.0. The van der Waals surface area contributed by atoms with Gasteiger partial charge in [-0.3, -0.25) is 9.69 Å². The minimum absolute atomic E-state index is 0.0676. The van der Waals surface area contributed by atoms with Crippen molar-refractivity contribution in [2.75, 3.05) is 19.6 Å². The Balaban J connectivity index is 1.72. The molecule has 8 nitrogen and oxygen atoms in total. The molecule has 0 spiro atoms. The number of hydrogen-bond donors (Lipinski definition) is 0. The van der Waals surface area contributed by atoms with Gasteiger partial charge >= 0.3 is 12.1 Å². The molecule has 2 aromatic rings. The van der Waals surface area contributed by atoms with Crippen LogP contribution in [0.3, 0.4) is 0 Å². The number of esters is 1. The predicted molar refractivity (Wildman–Crippen MR) is 124 cm³/mol. The van der Waals surface area contributed by atoms with Crippen molar-refractivity contribution in [3.8, 4) is 12.1 Å². The van der Waals surface area contributed by atoms with E-state index in [0.717, 1.165) is 11.1 Å². The third-order valence-corrected chi connectivity index (χ3v) is 5.35. The molecule has 0 unspecified atom stereocenters. The summed E-state index contributed by atoms with van der Waals surface area (Å²) in [6, 6.07) is 17.5. The number of rotatable bonds is 5. The van der Waals surface area contributed by atoms with Crippen molar-refractivity contribution in [2.45, 2.75) is 45.6 Å². The molecule has 1 aliphatic rings. The number of carbonyl (C=O) groups excluding carboxylic acids is 2. The van der Waals surface area contributed by atoms with E-state index in [1.165, 1.54) is 4.90 Å². The Hall–Kier alpha value is -3.88. The summed E-state index contributed by atoms with van der Waals surface area (Å²) in [6.45, 7) is 6.99. The first-order valence-electron chi connectivity index (χ1n) is 11.0. The Kier molecular flexibility index (Phi) is 7.88. The van der Waals surface area contributed by atoms with Crippen molar-refractivity contribution in [3.05, 3.63) is 70.8 Å². The lowest BCUT2D eigenvalue weighted by Crippen LogP contribution is -2.58. The summed E-state index contributed by atoms with van der Waals surface area (Å²) in [5.74, 6) is -0.439. The van der Waals surface area contributed by atoms with E-state index in [-0.39, 0.29) is 13.2 Å². The third-order valence-electron chi connectivity index (χ3n) is 5.35. The van der Waals surface area contributed by atoms with E-state index in [4.69, 9.17) is 20.0 Å². The van der Waals surface area contributed by atoms with Crippen molar-refractivity contribution >= 4 is 12.1 Å². The van der Waals surface area contributed by atoms with Crippen molar-refractivity contribution < 1.29 is 19.1 Å². The number of nitriles is 2. The smallest absolute Gasteiger partial charge is 0.410 e. The molecule has 1 aliphatic heterocycles. The third kappa shape index (κ3) is 6.81. The van der Waals surface area contributed by atoms with E-state index in [2.05, 4.69) is 12.1 Å². The highest BCUT2D eigenvalue weighted by Crippen LogP contribution is 2.19. The van der Waals surface area contributed by atoms with Gasteiger partial charge in [0, 0.05) is 19.6 Å². The Bertz CT molecular complexity index is 1090. The van der Waals surface area contributed by atoms with Crippen LogP contribution >= 0.6 is 0 Å². The molecule has 1 atom stereocenters. The van der Waals surface area contributed by atoms with E-state index in [1.807, 2.05) is 17.0 Å². The molecule has 0 bridgehead atoms. The Morgan fingerprint density at radius 3 is 2.03 bits per heavy atom. The number of piperazine rings is 1. The van der Waals surface area contributed by atoms with Crippen LogP contribution < -0.4 is 0 Å². The quantitative estimate of drug-likeness (QED) is 0.628. The molecule has 0 N–H and O–H groups in total. The van der Waals surface area contributed by atoms with E-state index < -0.39 is 23.7 Å². The minimum Gasteiger partial charge on any atom is -0.460 e. The first-order chi connectivity index (χ1) is 16.2. The summed E-state index contributed by atoms with van der Waals surface area (Å²) in [6.07, 6.45) is -0.463. The minimum atomic E-state index is -0.671. The maximum atomic E-state index is 13.1. The van der Waals surface area contributed by atoms with Crippen LogP contribution in [0.5, 0.6) is 0 Å². The van der Waals surface area contributed by atoms with E-state index in [9.17, 15) is 9.59 Å². The van der Waals surface area contributed by atoms with Crippen molar-refractivity contribution in [1.82, 2.24) is 9.80 Å².